The van der Waals surface area contributed by atoms with Crippen molar-refractivity contribution in [3.8, 4) is 5.75 Å². The number of hydrogen-bond acceptors (Lipinski definition) is 2. The van der Waals surface area contributed by atoms with Gasteiger partial charge in [-0.05, 0) is 30.7 Å². The summed E-state index contributed by atoms with van der Waals surface area (Å²) in [4.78, 5) is 17.7. The molecule has 0 heterocycles. The van der Waals surface area contributed by atoms with Gasteiger partial charge in [-0.1, -0.05) is 0 Å². The van der Waals surface area contributed by atoms with E-state index in [1.807, 2.05) is 0 Å². The second kappa shape index (κ2) is 3.50. The van der Waals surface area contributed by atoms with Crippen molar-refractivity contribution in [2.24, 2.45) is 0 Å². The van der Waals surface area contributed by atoms with Crippen molar-refractivity contribution in [1.29, 1.82) is 0 Å². The monoisotopic (exact) mass is 202 g/mol. The van der Waals surface area contributed by atoms with Crippen molar-refractivity contribution >= 4 is 12.9 Å². The Morgan fingerprint density at radius 1 is 1.38 bits per heavy atom. The summed E-state index contributed by atoms with van der Waals surface area (Å²) in [5.74, 6) is 0.622. The maximum absolute atomic E-state index is 10.8. The zero-order chi connectivity index (χ0) is 10.1. The topological polar surface area (TPSA) is 66.8 Å². The highest BCUT2D eigenvalue weighted by molar-refractivity contribution is 7.60. The van der Waals surface area contributed by atoms with Crippen molar-refractivity contribution in [1.82, 2.24) is 0 Å². The molecule has 0 amide bonds. The van der Waals surface area contributed by atoms with Gasteiger partial charge in [0.1, 0.15) is 5.75 Å². The summed E-state index contributed by atoms with van der Waals surface area (Å²) >= 11 is 0. The minimum absolute atomic E-state index is 0.0193. The number of hydrogen-bond donors (Lipinski definition) is 2. The molecule has 0 atom stereocenters. The Bertz CT molecular complexity index is 355. The van der Waals surface area contributed by atoms with Crippen molar-refractivity contribution < 1.29 is 19.1 Å². The molecule has 0 spiro atoms. The van der Waals surface area contributed by atoms with Crippen LogP contribution in [-0.2, 0) is 4.57 Å². The average molecular weight is 202 g/mol. The minimum atomic E-state index is -4.13. The van der Waals surface area contributed by atoms with Crippen LogP contribution in [0, 0.1) is 6.92 Å². The van der Waals surface area contributed by atoms with Gasteiger partial charge in [-0.25, -0.2) is 0 Å². The third-order valence-corrected chi connectivity index (χ3v) is 2.67. The fourth-order valence-electron chi connectivity index (χ4n) is 1.04. The fraction of sp³-hybridized carbons (Fsp3) is 0.250. The zero-order valence-electron chi connectivity index (χ0n) is 7.39. The van der Waals surface area contributed by atoms with Crippen molar-refractivity contribution in [3.05, 3.63) is 23.8 Å². The van der Waals surface area contributed by atoms with Crippen LogP contribution in [0.25, 0.3) is 0 Å². The molecule has 4 nitrogen and oxygen atoms in total. The Hall–Kier alpha value is -0.830. The number of aryl methyl sites for hydroxylation is 1. The van der Waals surface area contributed by atoms with Gasteiger partial charge in [0.05, 0.1) is 12.4 Å². The molecule has 0 aliphatic carbocycles. The van der Waals surface area contributed by atoms with Gasteiger partial charge in [0.15, 0.2) is 0 Å². The number of rotatable bonds is 2. The second-order valence-corrected chi connectivity index (χ2v) is 4.30. The van der Waals surface area contributed by atoms with E-state index in [0.717, 1.165) is 0 Å². The minimum Gasteiger partial charge on any atom is -0.496 e. The van der Waals surface area contributed by atoms with Crippen LogP contribution in [0.1, 0.15) is 5.56 Å². The maximum atomic E-state index is 10.8. The molecule has 0 radical (unpaired) electrons. The Kier molecular flexibility index (Phi) is 2.76. The van der Waals surface area contributed by atoms with E-state index in [1.54, 1.807) is 13.0 Å². The van der Waals surface area contributed by atoms with Crippen LogP contribution in [0.5, 0.6) is 5.75 Å². The molecule has 13 heavy (non-hydrogen) atoms. The molecule has 0 unspecified atom stereocenters. The Morgan fingerprint density at radius 3 is 2.38 bits per heavy atom. The van der Waals surface area contributed by atoms with Gasteiger partial charge in [-0.2, -0.15) is 0 Å². The summed E-state index contributed by atoms with van der Waals surface area (Å²) in [6.45, 7) is 1.73. The third kappa shape index (κ3) is 2.31. The lowest BCUT2D eigenvalue weighted by molar-refractivity contribution is 0.387. The van der Waals surface area contributed by atoms with E-state index < -0.39 is 7.60 Å². The quantitative estimate of drug-likeness (QED) is 0.696. The van der Waals surface area contributed by atoms with E-state index in [9.17, 15) is 4.57 Å². The van der Waals surface area contributed by atoms with Crippen LogP contribution < -0.4 is 10.0 Å². The van der Waals surface area contributed by atoms with Crippen LogP contribution in [0.3, 0.4) is 0 Å². The zero-order valence-corrected chi connectivity index (χ0v) is 8.28. The predicted molar refractivity (Wildman–Crippen MR) is 49.4 cm³/mol. The molecule has 0 fully saturated rings. The van der Waals surface area contributed by atoms with Crippen LogP contribution in [-0.4, -0.2) is 16.9 Å². The van der Waals surface area contributed by atoms with Gasteiger partial charge in [-0.15, -0.1) is 0 Å². The highest BCUT2D eigenvalue weighted by Crippen LogP contribution is 2.34. The van der Waals surface area contributed by atoms with Gasteiger partial charge in [0.2, 0.25) is 0 Å². The average Bonchev–Trinajstić information content (AvgIpc) is 2.02. The van der Waals surface area contributed by atoms with Crippen LogP contribution >= 0.6 is 7.60 Å². The van der Waals surface area contributed by atoms with Gasteiger partial charge in [0.25, 0.3) is 0 Å². The summed E-state index contributed by atoms with van der Waals surface area (Å²) in [6.07, 6.45) is 0. The van der Waals surface area contributed by atoms with Crippen LogP contribution in [0.4, 0.5) is 0 Å². The molecule has 1 aromatic rings. The first-order valence-electron chi connectivity index (χ1n) is 3.66. The smallest absolute Gasteiger partial charge is 0.356 e. The van der Waals surface area contributed by atoms with E-state index in [1.165, 1.54) is 19.2 Å². The molecule has 1 aromatic carbocycles. The fourth-order valence-corrected chi connectivity index (χ4v) is 1.67. The lowest BCUT2D eigenvalue weighted by Gasteiger charge is -2.07. The highest BCUT2D eigenvalue weighted by Gasteiger charge is 2.17. The molecular weight excluding hydrogens is 191 g/mol. The number of benzene rings is 1. The molecule has 72 valence electrons. The largest absolute Gasteiger partial charge is 0.496 e. The molecule has 0 aromatic heterocycles. The summed E-state index contributed by atoms with van der Waals surface area (Å²) in [7, 11) is -2.62. The summed E-state index contributed by atoms with van der Waals surface area (Å²) in [6, 6.07) is 4.34. The standard InChI is InChI=1S/C8H11O4P/c1-6-5-7(13(9,10)11)3-4-8(6)12-2/h3-5H,1-2H3,(H2,9,10,11). The van der Waals surface area contributed by atoms with E-state index >= 15 is 0 Å². The summed E-state index contributed by atoms with van der Waals surface area (Å²) in [5, 5.41) is 0.0193. The lowest BCUT2D eigenvalue weighted by atomic mass is 10.2. The number of methoxy groups -OCH3 is 1. The third-order valence-electron chi connectivity index (χ3n) is 1.71. The molecule has 0 saturated carbocycles. The van der Waals surface area contributed by atoms with Gasteiger partial charge >= 0.3 is 7.60 Å². The molecule has 0 bridgehead atoms. The van der Waals surface area contributed by atoms with Crippen molar-refractivity contribution in [2.75, 3.05) is 7.11 Å². The first kappa shape index (κ1) is 10.3. The first-order valence-corrected chi connectivity index (χ1v) is 5.27. The first-order chi connectivity index (χ1) is 5.95. The van der Waals surface area contributed by atoms with E-state index in [4.69, 9.17) is 14.5 Å². The van der Waals surface area contributed by atoms with Crippen molar-refractivity contribution in [3.63, 3.8) is 0 Å². The van der Waals surface area contributed by atoms with Gasteiger partial charge in [0, 0.05) is 0 Å². The van der Waals surface area contributed by atoms with Gasteiger partial charge in [-0.3, -0.25) is 4.57 Å². The summed E-state index contributed by atoms with van der Waals surface area (Å²) < 4.78 is 15.8. The van der Waals surface area contributed by atoms with Gasteiger partial charge < -0.3 is 14.5 Å². The molecule has 0 saturated heterocycles. The Morgan fingerprint density at radius 2 is 2.00 bits per heavy atom. The predicted octanol–water partition coefficient (Wildman–Crippen LogP) is 0.807. The summed E-state index contributed by atoms with van der Waals surface area (Å²) in [5.41, 5.74) is 0.711. The molecule has 0 aliphatic heterocycles. The van der Waals surface area contributed by atoms with Crippen molar-refractivity contribution in [2.45, 2.75) is 6.92 Å². The Labute approximate surface area is 76.3 Å². The molecule has 2 N–H and O–H groups in total. The number of ether oxygens (including phenoxy) is 1. The SMILES string of the molecule is COc1ccc(P(=O)(O)O)cc1C. The maximum Gasteiger partial charge on any atom is 0.356 e. The van der Waals surface area contributed by atoms with Crippen LogP contribution in [0.2, 0.25) is 0 Å². The molecule has 5 heteroatoms. The van der Waals surface area contributed by atoms with E-state index in [2.05, 4.69) is 0 Å². The molecule has 1 rings (SSSR count). The Balaban J connectivity index is 3.18. The second-order valence-electron chi connectivity index (χ2n) is 2.70. The molecular formula is C8H11O4P. The van der Waals surface area contributed by atoms with E-state index in [0.29, 0.717) is 11.3 Å². The lowest BCUT2D eigenvalue weighted by Crippen LogP contribution is -2.04. The molecule has 0 aliphatic rings. The van der Waals surface area contributed by atoms with Crippen LogP contribution in [0.15, 0.2) is 18.2 Å². The normalized spacial score (nSPS) is 11.4. The van der Waals surface area contributed by atoms with E-state index in [-0.39, 0.29) is 5.30 Å². The highest BCUT2D eigenvalue weighted by atomic mass is 31.2.